The minimum Gasteiger partial charge on any atom is -0.497 e. The van der Waals surface area contributed by atoms with Gasteiger partial charge in [0.1, 0.15) is 23.6 Å². The number of hydrogen-bond donors (Lipinski definition) is 2. The zero-order valence-electron chi connectivity index (χ0n) is 19.1. The zero-order chi connectivity index (χ0) is 25.0. The molecule has 0 spiro atoms. The van der Waals surface area contributed by atoms with Gasteiger partial charge in [0.05, 0.1) is 30.0 Å². The predicted octanol–water partition coefficient (Wildman–Crippen LogP) is 1.10. The van der Waals surface area contributed by atoms with Crippen molar-refractivity contribution in [2.45, 2.75) is 23.8 Å². The maximum absolute atomic E-state index is 12.5. The second-order valence-electron chi connectivity index (χ2n) is 7.84. The molecule has 3 aromatic rings. The molecule has 35 heavy (non-hydrogen) atoms. The Labute approximate surface area is 203 Å². The number of piperidine rings is 1. The average Bonchev–Trinajstić information content (AvgIpc) is 3.26. The minimum atomic E-state index is -3.75. The largest absolute Gasteiger partial charge is 0.497 e. The van der Waals surface area contributed by atoms with Crippen molar-refractivity contribution >= 4 is 32.8 Å². The highest BCUT2D eigenvalue weighted by Crippen LogP contribution is 2.28. The molecule has 1 amide bonds. The number of anilines is 1. The van der Waals surface area contributed by atoms with Gasteiger partial charge in [-0.3, -0.25) is 4.79 Å². The fourth-order valence-electron chi connectivity index (χ4n) is 3.92. The summed E-state index contributed by atoms with van der Waals surface area (Å²) in [6.45, 7) is 4.53. The number of benzene rings is 1. The minimum absolute atomic E-state index is 0.100. The first kappa shape index (κ1) is 24.2. The Hall–Kier alpha value is -3.95. The third-order valence-electron chi connectivity index (χ3n) is 5.67. The molecule has 0 unspecified atom stereocenters. The Kier molecular flexibility index (Phi) is 6.99. The van der Waals surface area contributed by atoms with Crippen molar-refractivity contribution in [1.29, 1.82) is 0 Å². The van der Waals surface area contributed by atoms with E-state index in [0.29, 0.717) is 35.6 Å². The summed E-state index contributed by atoms with van der Waals surface area (Å²) in [5.41, 5.74) is 6.95. The first-order valence-electron chi connectivity index (χ1n) is 10.9. The second kappa shape index (κ2) is 10.1. The van der Waals surface area contributed by atoms with Gasteiger partial charge in [-0.25, -0.2) is 23.1 Å². The quantitative estimate of drug-likeness (QED) is 0.382. The molecule has 1 aliphatic heterocycles. The highest BCUT2D eigenvalue weighted by Gasteiger charge is 2.27. The number of nitrogens with zero attached hydrogens (tertiary/aromatic N) is 5. The van der Waals surface area contributed by atoms with Crippen molar-refractivity contribution in [3.05, 3.63) is 48.9 Å². The standard InChI is InChI=1S/C23H25N7O4S/c1-3-20(31)29-13-5-6-16(14-29)30-23-21(22(24)25-15-26-23)19(28-30)7-4-12-27-35(32,33)18-10-8-17(34-2)9-11-18/h3,8-11,15-16,27H,1,5-6,12-14H2,2H3,(H2,24,25,26)/t16-/m1/s1. The van der Waals surface area contributed by atoms with Gasteiger partial charge in [-0.1, -0.05) is 12.5 Å². The van der Waals surface area contributed by atoms with Crippen LogP contribution in [0.3, 0.4) is 0 Å². The Bertz CT molecular complexity index is 1420. The number of aromatic nitrogens is 4. The average molecular weight is 496 g/mol. The topological polar surface area (TPSA) is 145 Å². The number of carbonyl (C=O) groups excluding carboxylic acids is 1. The lowest BCUT2D eigenvalue weighted by atomic mass is 10.1. The van der Waals surface area contributed by atoms with E-state index in [2.05, 4.69) is 38.2 Å². The zero-order valence-corrected chi connectivity index (χ0v) is 20.0. The molecule has 1 saturated heterocycles. The summed E-state index contributed by atoms with van der Waals surface area (Å²) in [6.07, 6.45) is 4.26. The molecule has 3 heterocycles. The highest BCUT2D eigenvalue weighted by molar-refractivity contribution is 7.89. The Morgan fingerprint density at radius 1 is 1.34 bits per heavy atom. The molecule has 1 fully saturated rings. The maximum Gasteiger partial charge on any atom is 0.246 e. The fraction of sp³-hybridized carbons (Fsp3) is 0.304. The second-order valence-corrected chi connectivity index (χ2v) is 9.60. The van der Waals surface area contributed by atoms with Gasteiger partial charge in [0.2, 0.25) is 15.9 Å². The first-order valence-corrected chi connectivity index (χ1v) is 12.3. The lowest BCUT2D eigenvalue weighted by Gasteiger charge is -2.32. The molecule has 4 rings (SSSR count). The van der Waals surface area contributed by atoms with E-state index in [0.717, 1.165) is 12.8 Å². The molecule has 12 heteroatoms. The number of nitrogen functional groups attached to an aromatic ring is 1. The van der Waals surface area contributed by atoms with Gasteiger partial charge < -0.3 is 15.4 Å². The van der Waals surface area contributed by atoms with Gasteiger partial charge in [0, 0.05) is 13.1 Å². The maximum atomic E-state index is 12.5. The molecule has 3 N–H and O–H groups in total. The van der Waals surface area contributed by atoms with Gasteiger partial charge in [-0.15, -0.1) is 0 Å². The smallest absolute Gasteiger partial charge is 0.246 e. The SMILES string of the molecule is C=CC(=O)N1CCC[C@@H](n2nc(C#CCNS(=O)(=O)c3ccc(OC)cc3)c3c(N)ncnc32)C1. The number of likely N-dealkylation sites (tertiary alicyclic amines) is 1. The van der Waals surface area contributed by atoms with Crippen molar-refractivity contribution in [3.63, 3.8) is 0 Å². The number of fused-ring (bicyclic) bond motifs is 1. The highest BCUT2D eigenvalue weighted by atomic mass is 32.2. The third-order valence-corrected chi connectivity index (χ3v) is 7.09. The first-order chi connectivity index (χ1) is 16.8. The van der Waals surface area contributed by atoms with E-state index in [-0.39, 0.29) is 29.2 Å². The van der Waals surface area contributed by atoms with Crippen molar-refractivity contribution in [1.82, 2.24) is 29.4 Å². The Balaban J connectivity index is 1.57. The number of amides is 1. The number of ether oxygens (including phenoxy) is 1. The molecular weight excluding hydrogens is 470 g/mol. The summed E-state index contributed by atoms with van der Waals surface area (Å²) in [6, 6.07) is 5.92. The molecule has 11 nitrogen and oxygen atoms in total. The van der Waals surface area contributed by atoms with E-state index in [1.165, 1.54) is 31.6 Å². The van der Waals surface area contributed by atoms with Crippen molar-refractivity contribution in [3.8, 4) is 17.6 Å². The summed E-state index contributed by atoms with van der Waals surface area (Å²) in [5.74, 6) is 6.33. The number of carbonyl (C=O) groups is 1. The van der Waals surface area contributed by atoms with Crippen LogP contribution >= 0.6 is 0 Å². The van der Waals surface area contributed by atoms with E-state index in [1.807, 2.05) is 0 Å². The molecule has 0 bridgehead atoms. The lowest BCUT2D eigenvalue weighted by Crippen LogP contribution is -2.40. The Morgan fingerprint density at radius 2 is 2.11 bits per heavy atom. The molecular formula is C23H25N7O4S. The van der Waals surface area contributed by atoms with Crippen LogP contribution in [0.25, 0.3) is 11.0 Å². The van der Waals surface area contributed by atoms with Gasteiger partial charge in [0.25, 0.3) is 0 Å². The summed E-state index contributed by atoms with van der Waals surface area (Å²) < 4.78 is 34.2. The van der Waals surface area contributed by atoms with E-state index < -0.39 is 10.0 Å². The van der Waals surface area contributed by atoms with E-state index in [1.54, 1.807) is 21.7 Å². The summed E-state index contributed by atoms with van der Waals surface area (Å²) in [7, 11) is -2.24. The van der Waals surface area contributed by atoms with Crippen LogP contribution in [-0.4, -0.2) is 65.7 Å². The predicted molar refractivity (Wildman–Crippen MR) is 130 cm³/mol. The van der Waals surface area contributed by atoms with Gasteiger partial charge >= 0.3 is 0 Å². The van der Waals surface area contributed by atoms with Crippen molar-refractivity contribution < 1.29 is 17.9 Å². The van der Waals surface area contributed by atoms with Crippen LogP contribution in [-0.2, 0) is 14.8 Å². The number of nitrogens with two attached hydrogens (primary N) is 1. The summed E-state index contributed by atoms with van der Waals surface area (Å²) >= 11 is 0. The number of hydrogen-bond acceptors (Lipinski definition) is 8. The van der Waals surface area contributed by atoms with Crippen LogP contribution in [0.15, 0.2) is 48.1 Å². The molecule has 182 valence electrons. The van der Waals surface area contributed by atoms with E-state index >= 15 is 0 Å². The molecule has 0 radical (unpaired) electrons. The van der Waals surface area contributed by atoms with Crippen LogP contribution < -0.4 is 15.2 Å². The van der Waals surface area contributed by atoms with Crippen molar-refractivity contribution in [2.24, 2.45) is 0 Å². The Morgan fingerprint density at radius 3 is 2.83 bits per heavy atom. The van der Waals surface area contributed by atoms with Gasteiger partial charge in [-0.05, 0) is 49.1 Å². The van der Waals surface area contributed by atoms with Crippen LogP contribution in [0.5, 0.6) is 5.75 Å². The third kappa shape index (κ3) is 5.11. The van der Waals surface area contributed by atoms with Crippen LogP contribution in [0.1, 0.15) is 24.6 Å². The van der Waals surface area contributed by atoms with E-state index in [4.69, 9.17) is 10.5 Å². The number of sulfonamides is 1. The van der Waals surface area contributed by atoms with Crippen LogP contribution in [0.2, 0.25) is 0 Å². The van der Waals surface area contributed by atoms with E-state index in [9.17, 15) is 13.2 Å². The monoisotopic (exact) mass is 495 g/mol. The molecule has 1 atom stereocenters. The van der Waals surface area contributed by atoms with Gasteiger partial charge in [0.15, 0.2) is 5.65 Å². The molecule has 1 aromatic carbocycles. The number of nitrogens with one attached hydrogen (secondary N) is 1. The van der Waals surface area contributed by atoms with Crippen LogP contribution in [0.4, 0.5) is 5.82 Å². The number of methoxy groups -OCH3 is 1. The van der Waals surface area contributed by atoms with Gasteiger partial charge in [-0.2, -0.15) is 9.82 Å². The molecule has 2 aromatic heterocycles. The summed E-state index contributed by atoms with van der Waals surface area (Å²) in [5, 5.41) is 5.10. The fourth-order valence-corrected chi connectivity index (χ4v) is 4.84. The summed E-state index contributed by atoms with van der Waals surface area (Å²) in [4.78, 5) is 22.3. The van der Waals surface area contributed by atoms with Crippen LogP contribution in [0, 0.1) is 11.8 Å². The number of rotatable bonds is 6. The lowest BCUT2D eigenvalue weighted by molar-refractivity contribution is -0.127. The normalized spacial score (nSPS) is 15.9. The van der Waals surface area contributed by atoms with Crippen molar-refractivity contribution in [2.75, 3.05) is 32.5 Å². The molecule has 0 saturated carbocycles. The molecule has 0 aliphatic carbocycles. The molecule has 1 aliphatic rings.